The van der Waals surface area contributed by atoms with Crippen molar-refractivity contribution in [1.82, 2.24) is 15.8 Å². The molecule has 0 spiro atoms. The third-order valence-electron chi connectivity index (χ3n) is 3.90. The van der Waals surface area contributed by atoms with Gasteiger partial charge in [0.1, 0.15) is 5.69 Å². The monoisotopic (exact) mass is 395 g/mol. The van der Waals surface area contributed by atoms with Crippen molar-refractivity contribution in [2.75, 3.05) is 0 Å². The van der Waals surface area contributed by atoms with Crippen LogP contribution in [0.2, 0.25) is 0 Å². The van der Waals surface area contributed by atoms with E-state index in [0.717, 1.165) is 17.3 Å². The van der Waals surface area contributed by atoms with Gasteiger partial charge in [0.25, 0.3) is 11.8 Å². The minimum atomic E-state index is -0.376. The summed E-state index contributed by atoms with van der Waals surface area (Å²) >= 11 is 4.80. The molecule has 2 aromatic heterocycles. The fourth-order valence-electron chi connectivity index (χ4n) is 2.70. The van der Waals surface area contributed by atoms with Crippen LogP contribution >= 0.6 is 27.3 Å². The molecule has 0 atom stereocenters. The number of aryl methyl sites for hydroxylation is 2. The average Bonchev–Trinajstić information content (AvgIpc) is 3.11. The fraction of sp³-hybridized carbons (Fsp3) is 0.375. The summed E-state index contributed by atoms with van der Waals surface area (Å²) in [7, 11) is 0. The number of halogens is 1. The van der Waals surface area contributed by atoms with Crippen LogP contribution in [0.25, 0.3) is 0 Å². The van der Waals surface area contributed by atoms with E-state index in [4.69, 9.17) is 0 Å². The van der Waals surface area contributed by atoms with E-state index in [-0.39, 0.29) is 11.8 Å². The number of hydrazine groups is 1. The number of aromatic nitrogens is 1. The molecule has 2 amide bonds. The summed E-state index contributed by atoms with van der Waals surface area (Å²) < 4.78 is 0.784. The minimum absolute atomic E-state index is 0.263. The number of nitrogens with one attached hydrogen (secondary N) is 3. The van der Waals surface area contributed by atoms with Crippen molar-refractivity contribution in [2.45, 2.75) is 38.5 Å². The van der Waals surface area contributed by atoms with Gasteiger partial charge in [-0.3, -0.25) is 20.4 Å². The standard InChI is InChI=1S/C16H18BrN3O2S/c17-11-8-12(18-9-11)15(21)19-20-16(22)14-7-10-5-3-1-2-4-6-13(10)23-14/h7-9,18H,1-6H2,(H,19,21)(H,20,22). The third-order valence-corrected chi connectivity index (χ3v) is 5.60. The van der Waals surface area contributed by atoms with Crippen molar-refractivity contribution < 1.29 is 9.59 Å². The van der Waals surface area contributed by atoms with Crippen LogP contribution < -0.4 is 10.9 Å². The number of fused-ring (bicyclic) bond motifs is 1. The molecular formula is C16H18BrN3O2S. The van der Waals surface area contributed by atoms with Crippen LogP contribution in [0.1, 0.15) is 56.3 Å². The molecule has 2 heterocycles. The van der Waals surface area contributed by atoms with E-state index in [9.17, 15) is 9.59 Å². The molecule has 5 nitrogen and oxygen atoms in total. The van der Waals surface area contributed by atoms with E-state index >= 15 is 0 Å². The summed E-state index contributed by atoms with van der Waals surface area (Å²) in [4.78, 5) is 28.9. The highest BCUT2D eigenvalue weighted by Crippen LogP contribution is 2.28. The lowest BCUT2D eigenvalue weighted by Gasteiger charge is -2.07. The molecule has 122 valence electrons. The van der Waals surface area contributed by atoms with Crippen molar-refractivity contribution in [3.63, 3.8) is 0 Å². The van der Waals surface area contributed by atoms with Crippen LogP contribution in [0.15, 0.2) is 22.8 Å². The van der Waals surface area contributed by atoms with Gasteiger partial charge in [0, 0.05) is 15.5 Å². The van der Waals surface area contributed by atoms with Gasteiger partial charge in [-0.2, -0.15) is 0 Å². The molecule has 1 aliphatic carbocycles. The first kappa shape index (κ1) is 16.3. The zero-order valence-corrected chi connectivity index (χ0v) is 15.0. The maximum Gasteiger partial charge on any atom is 0.286 e. The summed E-state index contributed by atoms with van der Waals surface area (Å²) in [6.07, 6.45) is 8.66. The number of rotatable bonds is 2. The molecule has 1 aliphatic rings. The van der Waals surface area contributed by atoms with Crippen LogP contribution in [-0.4, -0.2) is 16.8 Å². The Balaban J connectivity index is 1.62. The van der Waals surface area contributed by atoms with E-state index in [1.54, 1.807) is 12.3 Å². The smallest absolute Gasteiger partial charge is 0.286 e. The summed E-state index contributed by atoms with van der Waals surface area (Å²) in [5.41, 5.74) is 6.59. The predicted molar refractivity (Wildman–Crippen MR) is 93.6 cm³/mol. The van der Waals surface area contributed by atoms with Crippen LogP contribution in [0, 0.1) is 0 Å². The number of carbonyl (C=O) groups is 2. The van der Waals surface area contributed by atoms with Crippen molar-refractivity contribution in [3.8, 4) is 0 Å². The zero-order chi connectivity index (χ0) is 16.2. The number of thiophene rings is 1. The van der Waals surface area contributed by atoms with Gasteiger partial charge in [-0.25, -0.2) is 0 Å². The quantitative estimate of drug-likeness (QED) is 0.679. The summed E-state index contributed by atoms with van der Waals surface area (Å²) in [6, 6.07) is 3.62. The number of H-pyrrole nitrogens is 1. The molecule has 7 heteroatoms. The molecule has 0 aromatic carbocycles. The minimum Gasteiger partial charge on any atom is -0.356 e. The summed E-state index contributed by atoms with van der Waals surface area (Å²) in [6.45, 7) is 0. The van der Waals surface area contributed by atoms with E-state index in [1.807, 2.05) is 6.07 Å². The molecule has 0 unspecified atom stereocenters. The van der Waals surface area contributed by atoms with Crippen LogP contribution in [0.4, 0.5) is 0 Å². The SMILES string of the molecule is O=C(NNC(=O)c1cc2c(s1)CCCCCC2)c1cc(Br)c[nH]1. The molecule has 0 saturated heterocycles. The predicted octanol–water partition coefficient (Wildman–Crippen LogP) is 3.57. The Bertz CT molecular complexity index is 697. The number of amides is 2. The van der Waals surface area contributed by atoms with E-state index in [1.165, 1.54) is 47.5 Å². The zero-order valence-electron chi connectivity index (χ0n) is 12.6. The Morgan fingerprint density at radius 2 is 1.78 bits per heavy atom. The van der Waals surface area contributed by atoms with Gasteiger partial charge < -0.3 is 4.98 Å². The molecule has 23 heavy (non-hydrogen) atoms. The Morgan fingerprint density at radius 3 is 2.52 bits per heavy atom. The Morgan fingerprint density at radius 1 is 1.04 bits per heavy atom. The number of hydrogen-bond donors (Lipinski definition) is 3. The molecule has 0 fully saturated rings. The van der Waals surface area contributed by atoms with E-state index in [0.29, 0.717) is 10.6 Å². The summed E-state index contributed by atoms with van der Waals surface area (Å²) in [5.74, 6) is -0.639. The van der Waals surface area contributed by atoms with E-state index in [2.05, 4.69) is 31.8 Å². The van der Waals surface area contributed by atoms with Gasteiger partial charge in [-0.15, -0.1) is 11.3 Å². The molecule has 3 N–H and O–H groups in total. The lowest BCUT2D eigenvalue weighted by Crippen LogP contribution is -2.41. The van der Waals surface area contributed by atoms with Crippen molar-refractivity contribution in [3.05, 3.63) is 43.8 Å². The highest BCUT2D eigenvalue weighted by Gasteiger charge is 2.17. The molecular weight excluding hydrogens is 378 g/mol. The Labute approximate surface area is 147 Å². The van der Waals surface area contributed by atoms with Crippen molar-refractivity contribution in [2.24, 2.45) is 0 Å². The lowest BCUT2D eigenvalue weighted by atomic mass is 10.00. The van der Waals surface area contributed by atoms with Crippen molar-refractivity contribution in [1.29, 1.82) is 0 Å². The first-order chi connectivity index (χ1) is 11.1. The van der Waals surface area contributed by atoms with Crippen LogP contribution in [0.5, 0.6) is 0 Å². The number of aromatic amines is 1. The maximum atomic E-state index is 12.2. The summed E-state index contributed by atoms with van der Waals surface area (Å²) in [5, 5.41) is 0. The fourth-order valence-corrected chi connectivity index (χ4v) is 4.19. The van der Waals surface area contributed by atoms with Gasteiger partial charge in [0.2, 0.25) is 0 Å². The molecule has 0 saturated carbocycles. The van der Waals surface area contributed by atoms with Crippen molar-refractivity contribution >= 4 is 39.1 Å². The second-order valence-electron chi connectivity index (χ2n) is 5.61. The Kier molecular flexibility index (Phi) is 5.17. The lowest BCUT2D eigenvalue weighted by molar-refractivity contribution is 0.0846. The van der Waals surface area contributed by atoms with Gasteiger partial charge in [-0.05, 0) is 59.3 Å². The largest absolute Gasteiger partial charge is 0.356 e. The van der Waals surface area contributed by atoms with Gasteiger partial charge in [-0.1, -0.05) is 12.8 Å². The topological polar surface area (TPSA) is 74.0 Å². The molecule has 2 aromatic rings. The van der Waals surface area contributed by atoms with Gasteiger partial charge in [0.05, 0.1) is 4.88 Å². The maximum absolute atomic E-state index is 12.2. The first-order valence-corrected chi connectivity index (χ1v) is 9.30. The second-order valence-corrected chi connectivity index (χ2v) is 7.67. The molecule has 0 radical (unpaired) electrons. The van der Waals surface area contributed by atoms with Crippen LogP contribution in [0.3, 0.4) is 0 Å². The third kappa shape index (κ3) is 4.03. The number of hydrogen-bond acceptors (Lipinski definition) is 3. The van der Waals surface area contributed by atoms with Gasteiger partial charge >= 0.3 is 0 Å². The highest BCUT2D eigenvalue weighted by molar-refractivity contribution is 9.10. The van der Waals surface area contributed by atoms with Gasteiger partial charge in [0.15, 0.2) is 0 Å². The Hall–Kier alpha value is -1.60. The first-order valence-electron chi connectivity index (χ1n) is 7.69. The average molecular weight is 396 g/mol. The highest BCUT2D eigenvalue weighted by atomic mass is 79.9. The number of carbonyl (C=O) groups excluding carboxylic acids is 2. The van der Waals surface area contributed by atoms with E-state index < -0.39 is 0 Å². The van der Waals surface area contributed by atoms with Crippen LogP contribution in [-0.2, 0) is 12.8 Å². The normalized spacial score (nSPS) is 14.5. The molecule has 0 aliphatic heterocycles. The second kappa shape index (κ2) is 7.31. The molecule has 3 rings (SSSR count). The molecule has 0 bridgehead atoms.